The second-order valence-electron chi connectivity index (χ2n) is 3.45. The largest absolute Gasteiger partial charge is 0.395 e. The molecule has 0 radical (unpaired) electrons. The highest BCUT2D eigenvalue weighted by Crippen LogP contribution is 1.96. The Morgan fingerprint density at radius 3 is 2.88 bits per heavy atom. The molecule has 0 aliphatic heterocycles. The molecule has 7 nitrogen and oxygen atoms in total. The van der Waals surface area contributed by atoms with E-state index in [2.05, 4.69) is 15.0 Å². The lowest BCUT2D eigenvalue weighted by atomic mass is 10.4. The van der Waals surface area contributed by atoms with Crippen molar-refractivity contribution in [2.45, 2.75) is 25.1 Å². The van der Waals surface area contributed by atoms with Gasteiger partial charge in [-0.05, 0) is 13.3 Å². The van der Waals surface area contributed by atoms with Crippen LogP contribution < -0.4 is 4.72 Å². The van der Waals surface area contributed by atoms with Crippen molar-refractivity contribution in [2.75, 3.05) is 13.2 Å². The summed E-state index contributed by atoms with van der Waals surface area (Å²) in [4.78, 5) is 0. The summed E-state index contributed by atoms with van der Waals surface area (Å²) in [6.07, 6.45) is 3.91. The highest BCUT2D eigenvalue weighted by Gasteiger charge is 2.18. The fourth-order valence-corrected chi connectivity index (χ4v) is 1.96. The fraction of sp³-hybridized carbons (Fsp3) is 0.750. The summed E-state index contributed by atoms with van der Waals surface area (Å²) in [6, 6.07) is 0. The molecule has 1 rings (SSSR count). The summed E-state index contributed by atoms with van der Waals surface area (Å²) in [5, 5.41) is 15.3. The first-order valence-corrected chi connectivity index (χ1v) is 6.54. The molecule has 1 unspecified atom stereocenters. The van der Waals surface area contributed by atoms with Crippen molar-refractivity contribution in [3.63, 3.8) is 0 Å². The van der Waals surface area contributed by atoms with E-state index in [9.17, 15) is 8.42 Å². The van der Waals surface area contributed by atoms with E-state index >= 15 is 0 Å². The first-order chi connectivity index (χ1) is 7.56. The normalized spacial score (nSPS) is 13.9. The topological polar surface area (TPSA) is 97.1 Å². The van der Waals surface area contributed by atoms with Gasteiger partial charge in [0.25, 0.3) is 0 Å². The Morgan fingerprint density at radius 1 is 1.56 bits per heavy atom. The molecule has 0 spiro atoms. The molecule has 0 saturated carbocycles. The third-order valence-electron chi connectivity index (χ3n) is 2.13. The van der Waals surface area contributed by atoms with E-state index in [1.165, 1.54) is 6.92 Å². The Bertz CT molecular complexity index is 389. The SMILES string of the molecule is CC(CO)S(=O)(=O)NCCCn1ccnn1. The highest BCUT2D eigenvalue weighted by atomic mass is 32.2. The maximum absolute atomic E-state index is 11.4. The average molecular weight is 248 g/mol. The van der Waals surface area contributed by atoms with Crippen LogP contribution >= 0.6 is 0 Å². The van der Waals surface area contributed by atoms with Crippen LogP contribution in [-0.4, -0.2) is 46.9 Å². The first kappa shape index (κ1) is 13.1. The molecule has 0 aliphatic rings. The monoisotopic (exact) mass is 248 g/mol. The predicted molar refractivity (Wildman–Crippen MR) is 58.1 cm³/mol. The van der Waals surface area contributed by atoms with E-state index in [4.69, 9.17) is 5.11 Å². The van der Waals surface area contributed by atoms with Crippen LogP contribution in [0.5, 0.6) is 0 Å². The van der Waals surface area contributed by atoms with Gasteiger partial charge in [-0.25, -0.2) is 13.1 Å². The molecule has 16 heavy (non-hydrogen) atoms. The number of aromatic nitrogens is 3. The van der Waals surface area contributed by atoms with Gasteiger partial charge in [0.1, 0.15) is 0 Å². The van der Waals surface area contributed by atoms with Gasteiger partial charge in [0.15, 0.2) is 0 Å². The van der Waals surface area contributed by atoms with Crippen LogP contribution in [0, 0.1) is 0 Å². The number of nitrogens with zero attached hydrogens (tertiary/aromatic N) is 3. The molecule has 1 aromatic heterocycles. The molecule has 92 valence electrons. The number of hydrogen-bond donors (Lipinski definition) is 2. The molecule has 0 aliphatic carbocycles. The maximum atomic E-state index is 11.4. The van der Waals surface area contributed by atoms with Crippen LogP contribution in [0.2, 0.25) is 0 Å². The summed E-state index contributed by atoms with van der Waals surface area (Å²) in [5.41, 5.74) is 0. The molecule has 1 aromatic rings. The van der Waals surface area contributed by atoms with Gasteiger partial charge < -0.3 is 5.11 Å². The van der Waals surface area contributed by atoms with E-state index < -0.39 is 15.3 Å². The second-order valence-corrected chi connectivity index (χ2v) is 5.64. The Hall–Kier alpha value is -0.990. The number of sulfonamides is 1. The lowest BCUT2D eigenvalue weighted by Crippen LogP contribution is -2.35. The number of hydrogen-bond acceptors (Lipinski definition) is 5. The molecule has 2 N–H and O–H groups in total. The predicted octanol–water partition coefficient (Wildman–Crippen LogP) is -1.03. The van der Waals surface area contributed by atoms with Crippen LogP contribution in [0.3, 0.4) is 0 Å². The summed E-state index contributed by atoms with van der Waals surface area (Å²) in [6.45, 7) is 2.01. The standard InChI is InChI=1S/C8H16N4O3S/c1-8(7-13)16(14,15)10-3-2-5-12-6-4-9-11-12/h4,6,8,10,13H,2-3,5,7H2,1H3. The molecular formula is C8H16N4O3S. The van der Waals surface area contributed by atoms with Crippen LogP contribution in [-0.2, 0) is 16.6 Å². The molecule has 0 fully saturated rings. The van der Waals surface area contributed by atoms with Gasteiger partial charge in [0.2, 0.25) is 10.0 Å². The van der Waals surface area contributed by atoms with Crippen LogP contribution in [0.15, 0.2) is 12.4 Å². The lowest BCUT2D eigenvalue weighted by Gasteiger charge is -2.10. The Balaban J connectivity index is 2.25. The molecule has 8 heteroatoms. The van der Waals surface area contributed by atoms with Crippen molar-refractivity contribution < 1.29 is 13.5 Å². The van der Waals surface area contributed by atoms with Gasteiger partial charge >= 0.3 is 0 Å². The second kappa shape index (κ2) is 5.92. The van der Waals surface area contributed by atoms with Gasteiger partial charge in [-0.3, -0.25) is 4.68 Å². The van der Waals surface area contributed by atoms with Crippen LogP contribution in [0.4, 0.5) is 0 Å². The van der Waals surface area contributed by atoms with E-state index in [0.29, 0.717) is 19.5 Å². The zero-order chi connectivity index (χ0) is 12.0. The van der Waals surface area contributed by atoms with E-state index in [1.54, 1.807) is 17.1 Å². The number of nitrogens with one attached hydrogen (secondary N) is 1. The maximum Gasteiger partial charge on any atom is 0.216 e. The third kappa shape index (κ3) is 3.87. The Kier molecular flexibility index (Phi) is 4.84. The summed E-state index contributed by atoms with van der Waals surface area (Å²) in [5.74, 6) is 0. The molecule has 0 saturated heterocycles. The molecule has 0 amide bonds. The highest BCUT2D eigenvalue weighted by molar-refractivity contribution is 7.90. The smallest absolute Gasteiger partial charge is 0.216 e. The minimum atomic E-state index is -3.40. The molecule has 1 atom stereocenters. The van der Waals surface area contributed by atoms with Gasteiger partial charge in [-0.1, -0.05) is 5.21 Å². The summed E-state index contributed by atoms with van der Waals surface area (Å²) >= 11 is 0. The van der Waals surface area contributed by atoms with Crippen molar-refractivity contribution in [1.29, 1.82) is 0 Å². The fourth-order valence-electron chi connectivity index (χ4n) is 1.05. The number of rotatable bonds is 7. The van der Waals surface area contributed by atoms with Crippen LogP contribution in [0.25, 0.3) is 0 Å². The summed E-state index contributed by atoms with van der Waals surface area (Å²) < 4.78 is 26.9. The Labute approximate surface area is 94.5 Å². The van der Waals surface area contributed by atoms with E-state index in [0.717, 1.165) is 0 Å². The van der Waals surface area contributed by atoms with E-state index in [1.807, 2.05) is 0 Å². The number of aryl methyl sites for hydroxylation is 1. The minimum absolute atomic E-state index is 0.326. The lowest BCUT2D eigenvalue weighted by molar-refractivity contribution is 0.294. The Morgan fingerprint density at radius 2 is 2.31 bits per heavy atom. The zero-order valence-electron chi connectivity index (χ0n) is 9.07. The minimum Gasteiger partial charge on any atom is -0.395 e. The molecule has 0 bridgehead atoms. The van der Waals surface area contributed by atoms with Gasteiger partial charge in [-0.2, -0.15) is 0 Å². The van der Waals surface area contributed by atoms with Crippen LogP contribution in [0.1, 0.15) is 13.3 Å². The van der Waals surface area contributed by atoms with Crippen molar-refractivity contribution in [2.24, 2.45) is 0 Å². The number of aliphatic hydroxyl groups is 1. The van der Waals surface area contributed by atoms with Gasteiger partial charge in [-0.15, -0.1) is 5.10 Å². The molecule has 1 heterocycles. The van der Waals surface area contributed by atoms with Crippen molar-refractivity contribution >= 4 is 10.0 Å². The van der Waals surface area contributed by atoms with Crippen molar-refractivity contribution in [1.82, 2.24) is 19.7 Å². The summed E-state index contributed by atoms with van der Waals surface area (Å²) in [7, 11) is -3.40. The van der Waals surface area contributed by atoms with Gasteiger partial charge in [0, 0.05) is 19.3 Å². The van der Waals surface area contributed by atoms with Gasteiger partial charge in [0.05, 0.1) is 18.1 Å². The molecular weight excluding hydrogens is 232 g/mol. The average Bonchev–Trinajstić information content (AvgIpc) is 2.76. The van der Waals surface area contributed by atoms with Crippen molar-refractivity contribution in [3.05, 3.63) is 12.4 Å². The first-order valence-electron chi connectivity index (χ1n) is 4.99. The quantitative estimate of drug-likeness (QED) is 0.601. The van der Waals surface area contributed by atoms with E-state index in [-0.39, 0.29) is 6.61 Å². The number of aliphatic hydroxyl groups excluding tert-OH is 1. The van der Waals surface area contributed by atoms with Crippen molar-refractivity contribution in [3.8, 4) is 0 Å². The molecule has 0 aromatic carbocycles. The zero-order valence-corrected chi connectivity index (χ0v) is 9.89. The third-order valence-corrected chi connectivity index (χ3v) is 3.94.